The number of hydrogen-bond acceptors (Lipinski definition) is 5. The van der Waals surface area contributed by atoms with E-state index >= 15 is 4.39 Å². The first-order valence-corrected chi connectivity index (χ1v) is 14.5. The van der Waals surface area contributed by atoms with E-state index in [1.807, 2.05) is 18.2 Å². The lowest BCUT2D eigenvalue weighted by molar-refractivity contribution is -0.122. The van der Waals surface area contributed by atoms with Gasteiger partial charge in [0.05, 0.1) is 17.8 Å². The number of nitrogens with two attached hydrogens (primary N) is 1. The molecule has 4 atom stereocenters. The van der Waals surface area contributed by atoms with E-state index in [0.29, 0.717) is 29.2 Å². The van der Waals surface area contributed by atoms with Crippen LogP contribution in [0.1, 0.15) is 61.5 Å². The molecule has 0 saturated carbocycles. The fourth-order valence-corrected chi connectivity index (χ4v) is 7.19. The molecule has 7 nitrogen and oxygen atoms in total. The van der Waals surface area contributed by atoms with Gasteiger partial charge in [0.1, 0.15) is 17.1 Å². The fourth-order valence-electron chi connectivity index (χ4n) is 6.84. The summed E-state index contributed by atoms with van der Waals surface area (Å²) < 4.78 is 21.5. The minimum absolute atomic E-state index is 0.0179. The summed E-state index contributed by atoms with van der Waals surface area (Å²) in [5.74, 6) is -1.99. The van der Waals surface area contributed by atoms with Crippen LogP contribution in [0.2, 0.25) is 10.0 Å². The number of halogens is 3. The normalized spacial score (nSPS) is 24.8. The Morgan fingerprint density at radius 3 is 2.55 bits per heavy atom. The molecule has 10 heteroatoms. The highest BCUT2D eigenvalue weighted by atomic mass is 35.5. The third kappa shape index (κ3) is 4.99. The molecule has 0 aromatic heterocycles. The van der Waals surface area contributed by atoms with Gasteiger partial charge in [0.15, 0.2) is 0 Å². The molecule has 5 N–H and O–H groups in total. The fraction of sp³-hybridized carbons (Fsp3) is 0.375. The average Bonchev–Trinajstić information content (AvgIpc) is 3.40. The second kappa shape index (κ2) is 10.7. The van der Waals surface area contributed by atoms with E-state index in [-0.39, 0.29) is 27.8 Å². The van der Waals surface area contributed by atoms with Crippen molar-refractivity contribution in [2.45, 2.75) is 57.0 Å². The highest BCUT2D eigenvalue weighted by Gasteiger charge is 2.66. The number of fused-ring (bicyclic) bond motifs is 2. The molecule has 1 saturated heterocycles. The van der Waals surface area contributed by atoms with Gasteiger partial charge < -0.3 is 21.1 Å². The van der Waals surface area contributed by atoms with Gasteiger partial charge in [0, 0.05) is 40.2 Å². The van der Waals surface area contributed by atoms with Crippen LogP contribution in [0.5, 0.6) is 5.75 Å². The zero-order chi connectivity index (χ0) is 30.6. The minimum Gasteiger partial charge on any atom is -0.495 e. The summed E-state index contributed by atoms with van der Waals surface area (Å²) in [7, 11) is 1.44. The first-order chi connectivity index (χ1) is 19.7. The molecule has 5 rings (SSSR count). The standard InChI is InChI=1S/C32H35Cl2FN4O3/c1-30(2,3)15-25-32(16-37-23-14-18(33)10-11-20(23)32)27(19-7-6-8-21(34)26(19)35)31(4,39-25)29(41)38-22-12-9-17(28(36)40)13-24(22)42-5/h6-14,25,27,37,39H,15-16H2,1-5H3,(H2,36,40)(H,38,41)/t25-,27-,31+,32-/m0/s1. The molecule has 3 aromatic rings. The Bertz CT molecular complexity index is 1580. The predicted octanol–water partition coefficient (Wildman–Crippen LogP) is 6.49. The molecule has 2 aliphatic heterocycles. The Hall–Kier alpha value is -3.33. The van der Waals surface area contributed by atoms with Crippen molar-refractivity contribution < 1.29 is 18.7 Å². The molecule has 2 heterocycles. The summed E-state index contributed by atoms with van der Waals surface area (Å²) in [6, 6.07) is 14.9. The van der Waals surface area contributed by atoms with Crippen LogP contribution < -0.4 is 26.4 Å². The first-order valence-electron chi connectivity index (χ1n) is 13.8. The van der Waals surface area contributed by atoms with Crippen molar-refractivity contribution in [2.24, 2.45) is 11.1 Å². The van der Waals surface area contributed by atoms with Gasteiger partial charge >= 0.3 is 0 Å². The number of carbonyl (C=O) groups is 2. The number of nitrogens with one attached hydrogen (secondary N) is 3. The van der Waals surface area contributed by atoms with Gasteiger partial charge in [-0.15, -0.1) is 0 Å². The number of rotatable bonds is 6. The minimum atomic E-state index is -1.32. The van der Waals surface area contributed by atoms with Crippen LogP contribution in [0.15, 0.2) is 54.6 Å². The quantitative estimate of drug-likeness (QED) is 0.254. The monoisotopic (exact) mass is 612 g/mol. The molecular weight excluding hydrogens is 578 g/mol. The number of amides is 2. The van der Waals surface area contributed by atoms with Gasteiger partial charge in [0.2, 0.25) is 11.8 Å². The summed E-state index contributed by atoms with van der Waals surface area (Å²) in [6.07, 6.45) is 0.689. The highest BCUT2D eigenvalue weighted by Crippen LogP contribution is 2.59. The van der Waals surface area contributed by atoms with Crippen molar-refractivity contribution >= 4 is 46.4 Å². The van der Waals surface area contributed by atoms with Gasteiger partial charge in [-0.05, 0) is 66.3 Å². The Kier molecular flexibility index (Phi) is 7.71. The molecule has 2 amide bonds. The van der Waals surface area contributed by atoms with Crippen LogP contribution in [0.4, 0.5) is 15.8 Å². The maximum Gasteiger partial charge on any atom is 0.248 e. The van der Waals surface area contributed by atoms with Crippen LogP contribution in [0.3, 0.4) is 0 Å². The van der Waals surface area contributed by atoms with Crippen molar-refractivity contribution in [2.75, 3.05) is 24.3 Å². The lowest BCUT2D eigenvalue weighted by atomic mass is 9.60. The number of carbonyl (C=O) groups excluding carboxylic acids is 2. The Morgan fingerprint density at radius 1 is 1.14 bits per heavy atom. The van der Waals surface area contributed by atoms with E-state index in [1.54, 1.807) is 25.1 Å². The van der Waals surface area contributed by atoms with Crippen molar-refractivity contribution in [1.29, 1.82) is 0 Å². The lowest BCUT2D eigenvalue weighted by Gasteiger charge is -2.41. The lowest BCUT2D eigenvalue weighted by Crippen LogP contribution is -2.53. The van der Waals surface area contributed by atoms with Crippen LogP contribution in [0, 0.1) is 11.2 Å². The SMILES string of the molecule is COc1cc(C(N)=O)ccc1NC(=O)[C@]1(C)N[C@@H](CC(C)(C)C)[C@@]2(CNc3cc(Cl)ccc32)[C@H]1c1cccc(Cl)c1F. The highest BCUT2D eigenvalue weighted by molar-refractivity contribution is 6.31. The van der Waals surface area contributed by atoms with Crippen molar-refractivity contribution in [3.05, 3.63) is 87.2 Å². The summed E-state index contributed by atoms with van der Waals surface area (Å²) in [5.41, 5.74) is 5.99. The Labute approximate surface area is 255 Å². The zero-order valence-electron chi connectivity index (χ0n) is 24.2. The molecule has 42 heavy (non-hydrogen) atoms. The zero-order valence-corrected chi connectivity index (χ0v) is 25.7. The third-order valence-corrected chi connectivity index (χ3v) is 9.08. The van der Waals surface area contributed by atoms with E-state index in [9.17, 15) is 9.59 Å². The second-order valence-corrected chi connectivity index (χ2v) is 13.4. The van der Waals surface area contributed by atoms with Crippen LogP contribution >= 0.6 is 23.2 Å². The van der Waals surface area contributed by atoms with Crippen LogP contribution in [-0.2, 0) is 10.2 Å². The number of ether oxygens (including phenoxy) is 1. The van der Waals surface area contributed by atoms with E-state index < -0.39 is 34.5 Å². The Morgan fingerprint density at radius 2 is 1.88 bits per heavy atom. The molecule has 3 aromatic carbocycles. The van der Waals surface area contributed by atoms with Crippen LogP contribution in [-0.4, -0.2) is 37.0 Å². The Balaban J connectivity index is 1.71. The van der Waals surface area contributed by atoms with Gasteiger partial charge in [-0.3, -0.25) is 14.9 Å². The molecule has 0 unspecified atom stereocenters. The molecule has 0 radical (unpaired) electrons. The van der Waals surface area contributed by atoms with Crippen molar-refractivity contribution in [3.63, 3.8) is 0 Å². The predicted molar refractivity (Wildman–Crippen MR) is 165 cm³/mol. The summed E-state index contributed by atoms with van der Waals surface area (Å²) >= 11 is 12.7. The summed E-state index contributed by atoms with van der Waals surface area (Å²) in [4.78, 5) is 26.2. The van der Waals surface area contributed by atoms with Crippen molar-refractivity contribution in [3.8, 4) is 5.75 Å². The van der Waals surface area contributed by atoms with Crippen molar-refractivity contribution in [1.82, 2.24) is 5.32 Å². The molecule has 2 aliphatic rings. The van der Waals surface area contributed by atoms with Gasteiger partial charge in [-0.1, -0.05) is 62.2 Å². The molecule has 1 fully saturated rings. The summed E-state index contributed by atoms with van der Waals surface area (Å²) in [5, 5.41) is 10.7. The maximum absolute atomic E-state index is 16.1. The van der Waals surface area contributed by atoms with Gasteiger partial charge in [0.25, 0.3) is 0 Å². The first kappa shape index (κ1) is 30.1. The number of hydrogen-bond donors (Lipinski definition) is 4. The maximum atomic E-state index is 16.1. The summed E-state index contributed by atoms with van der Waals surface area (Å²) in [6.45, 7) is 8.68. The van der Waals surface area contributed by atoms with E-state index in [2.05, 4.69) is 36.7 Å². The molecular formula is C32H35Cl2FN4O3. The molecule has 0 bridgehead atoms. The van der Waals surface area contributed by atoms with E-state index in [1.165, 1.54) is 25.3 Å². The number of anilines is 2. The van der Waals surface area contributed by atoms with Crippen LogP contribution in [0.25, 0.3) is 0 Å². The second-order valence-electron chi connectivity index (χ2n) is 12.6. The number of benzene rings is 3. The van der Waals surface area contributed by atoms with E-state index in [0.717, 1.165) is 11.3 Å². The van der Waals surface area contributed by atoms with Gasteiger partial charge in [-0.25, -0.2) is 4.39 Å². The largest absolute Gasteiger partial charge is 0.495 e. The molecule has 222 valence electrons. The third-order valence-electron chi connectivity index (χ3n) is 8.56. The molecule has 0 aliphatic carbocycles. The smallest absolute Gasteiger partial charge is 0.248 e. The number of methoxy groups -OCH3 is 1. The van der Waals surface area contributed by atoms with Gasteiger partial charge in [-0.2, -0.15) is 0 Å². The molecule has 1 spiro atoms. The topological polar surface area (TPSA) is 105 Å². The average molecular weight is 614 g/mol. The number of primary amides is 1. The van der Waals surface area contributed by atoms with E-state index in [4.69, 9.17) is 33.7 Å².